The van der Waals surface area contributed by atoms with Crippen LogP contribution in [0, 0.1) is 0 Å². The zero-order chi connectivity index (χ0) is 47.6. The van der Waals surface area contributed by atoms with E-state index in [-0.39, 0.29) is 11.8 Å². The van der Waals surface area contributed by atoms with Crippen LogP contribution in [0.2, 0.25) is 0 Å². The topological polar surface area (TPSA) is 121 Å². The first kappa shape index (κ1) is 51.1. The van der Waals surface area contributed by atoms with Gasteiger partial charge >= 0.3 is 0 Å². The third-order valence-corrected chi connectivity index (χ3v) is 12.5. The minimum absolute atomic E-state index is 0.175. The van der Waals surface area contributed by atoms with Crippen LogP contribution in [0.1, 0.15) is 46.2 Å². The molecule has 0 radical (unpaired) electrons. The van der Waals surface area contributed by atoms with Gasteiger partial charge in [0.1, 0.15) is 0 Å². The number of carbonyl (C=O) groups is 2. The van der Waals surface area contributed by atoms with Gasteiger partial charge in [-0.1, -0.05) is 12.1 Å². The molecule has 0 spiro atoms. The number of hydrogen-bond acceptors (Lipinski definition) is 12. The summed E-state index contributed by atoms with van der Waals surface area (Å²) in [6.45, 7) is 6.75. The highest BCUT2D eigenvalue weighted by atomic mass is 16.5. The third kappa shape index (κ3) is 14.1. The van der Waals surface area contributed by atoms with Gasteiger partial charge in [-0.15, -0.1) is 0 Å². The Bertz CT molecular complexity index is 2050. The van der Waals surface area contributed by atoms with E-state index in [0.29, 0.717) is 35.8 Å². The van der Waals surface area contributed by atoms with Crippen molar-refractivity contribution in [3.05, 3.63) is 94.0 Å². The van der Waals surface area contributed by atoms with Crippen molar-refractivity contribution in [2.24, 2.45) is 0 Å². The molecule has 0 unspecified atom stereocenters. The number of rotatable bonds is 22. The molecule has 2 amide bonds. The summed E-state index contributed by atoms with van der Waals surface area (Å²) in [4.78, 5) is 34.3. The zero-order valence-corrected chi connectivity index (χ0v) is 41.0. The molecule has 2 aliphatic heterocycles. The Kier molecular flexibility index (Phi) is 19.9. The third-order valence-electron chi connectivity index (χ3n) is 12.5. The number of hydrogen-bond donors (Lipinski definition) is 0. The van der Waals surface area contributed by atoms with Gasteiger partial charge in [0, 0.05) is 39.3 Å². The second kappa shape index (κ2) is 25.7. The largest absolute Gasteiger partial charge is 0.493 e. The first-order valence-electron chi connectivity index (χ1n) is 22.8. The minimum Gasteiger partial charge on any atom is -0.493 e. The maximum atomic E-state index is 12.8. The van der Waals surface area contributed by atoms with E-state index >= 15 is 0 Å². The van der Waals surface area contributed by atoms with Gasteiger partial charge in [0.15, 0.2) is 46.0 Å². The lowest BCUT2D eigenvalue weighted by molar-refractivity contribution is -0.131. The molecule has 14 nitrogen and oxygen atoms in total. The summed E-state index contributed by atoms with van der Waals surface area (Å²) in [7, 11) is 17.4. The normalized spacial score (nSPS) is 13.5. The highest BCUT2D eigenvalue weighted by Gasteiger charge is 2.24. The van der Waals surface area contributed by atoms with E-state index in [1.807, 2.05) is 58.3 Å². The van der Waals surface area contributed by atoms with Crippen LogP contribution in [-0.4, -0.2) is 155 Å². The number of nitrogens with zero attached hydrogens (tertiary/aromatic N) is 4. The van der Waals surface area contributed by atoms with Crippen molar-refractivity contribution < 1.29 is 47.5 Å². The molecule has 360 valence electrons. The molecular formula is C52H72N4O10. The number of amides is 2. The smallest absolute Gasteiger partial charge is 0.227 e. The van der Waals surface area contributed by atoms with Crippen LogP contribution in [0.4, 0.5) is 0 Å². The number of fused-ring (bicyclic) bond motifs is 2. The Labute approximate surface area is 392 Å². The summed E-state index contributed by atoms with van der Waals surface area (Å²) in [5.41, 5.74) is 6.82. The molecule has 4 aromatic carbocycles. The average molecular weight is 913 g/mol. The van der Waals surface area contributed by atoms with Gasteiger partial charge < -0.3 is 57.5 Å². The summed E-state index contributed by atoms with van der Waals surface area (Å²) >= 11 is 0. The van der Waals surface area contributed by atoms with Crippen molar-refractivity contribution in [2.75, 3.05) is 123 Å². The molecule has 0 aromatic heterocycles. The van der Waals surface area contributed by atoms with Gasteiger partial charge in [0.2, 0.25) is 11.8 Å². The summed E-state index contributed by atoms with van der Waals surface area (Å²) in [6.07, 6.45) is 6.22. The molecule has 0 atom stereocenters. The van der Waals surface area contributed by atoms with Gasteiger partial charge in [-0.3, -0.25) is 9.59 Å². The van der Waals surface area contributed by atoms with Crippen molar-refractivity contribution >= 4 is 11.8 Å². The second-order valence-electron chi connectivity index (χ2n) is 16.8. The molecule has 0 fully saturated rings. The van der Waals surface area contributed by atoms with E-state index < -0.39 is 0 Å². The summed E-state index contributed by atoms with van der Waals surface area (Å²) in [6, 6.07) is 20.0. The summed E-state index contributed by atoms with van der Waals surface area (Å²) in [5, 5.41) is 0. The van der Waals surface area contributed by atoms with Gasteiger partial charge in [-0.05, 0) is 148 Å². The Hall–Kier alpha value is -5.86. The fourth-order valence-corrected chi connectivity index (χ4v) is 8.50. The SMILES string of the molecule is COc1ccc(CCN(C)CCCN2CCc3cc(OC)c(OC)cc3CC2=O)cc1OC.COc1ccc(CCN(C)CCCN2CCc3cc(OC)c(OC)cc3CC2=O)cc1OC. The van der Waals surface area contributed by atoms with Crippen molar-refractivity contribution in [1.82, 2.24) is 19.6 Å². The number of ether oxygens (including phenoxy) is 8. The van der Waals surface area contributed by atoms with Crippen molar-refractivity contribution in [2.45, 2.75) is 51.4 Å². The minimum atomic E-state index is 0.175. The molecule has 0 bridgehead atoms. The number of benzene rings is 4. The van der Waals surface area contributed by atoms with Gasteiger partial charge in [0.05, 0.1) is 69.7 Å². The molecule has 2 heterocycles. The van der Waals surface area contributed by atoms with E-state index in [1.54, 1.807) is 56.9 Å². The number of methoxy groups -OCH3 is 8. The van der Waals surface area contributed by atoms with Crippen LogP contribution in [0.5, 0.6) is 46.0 Å². The predicted molar refractivity (Wildman–Crippen MR) is 258 cm³/mol. The van der Waals surface area contributed by atoms with Gasteiger partial charge in [0.25, 0.3) is 0 Å². The lowest BCUT2D eigenvalue weighted by atomic mass is 10.0. The van der Waals surface area contributed by atoms with Crippen molar-refractivity contribution in [3.63, 3.8) is 0 Å². The van der Waals surface area contributed by atoms with Crippen LogP contribution >= 0.6 is 0 Å². The van der Waals surface area contributed by atoms with Crippen LogP contribution in [0.15, 0.2) is 60.7 Å². The molecular weight excluding hydrogens is 841 g/mol. The molecule has 4 aromatic rings. The first-order chi connectivity index (χ1) is 32.0. The highest BCUT2D eigenvalue weighted by Crippen LogP contribution is 2.34. The molecule has 0 N–H and O–H groups in total. The Morgan fingerprint density at radius 1 is 0.424 bits per heavy atom. The molecule has 2 aliphatic rings. The lowest BCUT2D eigenvalue weighted by Crippen LogP contribution is -2.35. The average Bonchev–Trinajstić information content (AvgIpc) is 3.59. The standard InChI is InChI=1S/2C26H36N2O5/c2*1-27(13-9-19-7-8-22(30-2)23(15-19)31-3)11-6-12-28-14-10-20-16-24(32-4)25(33-5)17-21(20)18-26(28)29/h2*7-8,15-17H,6,9-14,18H2,1-5H3. The van der Waals surface area contributed by atoms with Crippen LogP contribution < -0.4 is 37.9 Å². The second-order valence-corrected chi connectivity index (χ2v) is 16.8. The quantitative estimate of drug-likeness (QED) is 0.0865. The van der Waals surface area contributed by atoms with Gasteiger partial charge in [-0.25, -0.2) is 0 Å². The monoisotopic (exact) mass is 913 g/mol. The maximum absolute atomic E-state index is 12.8. The van der Waals surface area contributed by atoms with Crippen LogP contribution in [0.25, 0.3) is 0 Å². The zero-order valence-electron chi connectivity index (χ0n) is 41.0. The molecule has 6 rings (SSSR count). The van der Waals surface area contributed by atoms with Crippen LogP contribution in [-0.2, 0) is 48.1 Å². The van der Waals surface area contributed by atoms with E-state index in [9.17, 15) is 9.59 Å². The first-order valence-corrected chi connectivity index (χ1v) is 22.8. The fourth-order valence-electron chi connectivity index (χ4n) is 8.50. The van der Waals surface area contributed by atoms with Crippen molar-refractivity contribution in [1.29, 1.82) is 0 Å². The lowest BCUT2D eigenvalue weighted by Gasteiger charge is -2.23. The number of carbonyl (C=O) groups excluding carboxylic acids is 2. The molecule has 0 saturated carbocycles. The number of likely N-dealkylation sites (N-methyl/N-ethyl adjacent to an activating group) is 2. The van der Waals surface area contributed by atoms with Gasteiger partial charge in [-0.2, -0.15) is 0 Å². The Morgan fingerprint density at radius 2 is 0.742 bits per heavy atom. The molecule has 0 saturated heterocycles. The Balaban J connectivity index is 0.000000247. The van der Waals surface area contributed by atoms with E-state index in [2.05, 4.69) is 36.0 Å². The highest BCUT2D eigenvalue weighted by molar-refractivity contribution is 5.81. The summed E-state index contributed by atoms with van der Waals surface area (Å²) in [5.74, 6) is 6.14. The van der Waals surface area contributed by atoms with E-state index in [1.165, 1.54) is 11.1 Å². The maximum Gasteiger partial charge on any atom is 0.227 e. The van der Waals surface area contributed by atoms with E-state index in [4.69, 9.17) is 37.9 Å². The molecule has 66 heavy (non-hydrogen) atoms. The summed E-state index contributed by atoms with van der Waals surface area (Å²) < 4.78 is 43.1. The van der Waals surface area contributed by atoms with E-state index in [0.717, 1.165) is 136 Å². The molecule has 0 aliphatic carbocycles. The predicted octanol–water partition coefficient (Wildman–Crippen LogP) is 6.43. The Morgan fingerprint density at radius 3 is 1.08 bits per heavy atom. The molecule has 14 heteroatoms. The fraction of sp³-hybridized carbons (Fsp3) is 0.500. The van der Waals surface area contributed by atoms with Crippen LogP contribution in [0.3, 0.4) is 0 Å². The van der Waals surface area contributed by atoms with Crippen molar-refractivity contribution in [3.8, 4) is 46.0 Å².